The lowest BCUT2D eigenvalue weighted by molar-refractivity contribution is 0.0922. The van der Waals surface area contributed by atoms with Gasteiger partial charge in [0.05, 0.1) is 17.9 Å². The number of hydrogen-bond donors (Lipinski definition) is 2. The van der Waals surface area contributed by atoms with Gasteiger partial charge in [0, 0.05) is 13.1 Å². The molecule has 0 unspecified atom stereocenters. The summed E-state index contributed by atoms with van der Waals surface area (Å²) in [5.41, 5.74) is 0.548. The van der Waals surface area contributed by atoms with E-state index in [0.29, 0.717) is 10.2 Å². The normalized spacial score (nSPS) is 16.7. The highest BCUT2D eigenvalue weighted by Crippen LogP contribution is 2.17. The molecule has 0 radical (unpaired) electrons. The first-order valence-corrected chi connectivity index (χ1v) is 4.81. The topological polar surface area (TPSA) is 54.3 Å². The lowest BCUT2D eigenvalue weighted by Gasteiger charge is -2.27. The summed E-state index contributed by atoms with van der Waals surface area (Å²) in [4.78, 5) is 11.5. The number of halogens is 1. The van der Waals surface area contributed by atoms with Crippen molar-refractivity contribution in [1.82, 2.24) is 10.6 Å². The van der Waals surface area contributed by atoms with Crippen LogP contribution in [0.15, 0.2) is 21.4 Å². The van der Waals surface area contributed by atoms with Crippen LogP contribution < -0.4 is 10.6 Å². The molecular weight excluding hydrogens is 236 g/mol. The van der Waals surface area contributed by atoms with E-state index in [2.05, 4.69) is 26.6 Å². The van der Waals surface area contributed by atoms with Crippen molar-refractivity contribution in [3.8, 4) is 0 Å². The van der Waals surface area contributed by atoms with E-state index in [1.807, 2.05) is 0 Å². The van der Waals surface area contributed by atoms with Gasteiger partial charge in [-0.2, -0.15) is 0 Å². The zero-order valence-electron chi connectivity index (χ0n) is 6.84. The summed E-state index contributed by atoms with van der Waals surface area (Å²) in [5, 5.41) is 5.94. The average molecular weight is 245 g/mol. The molecule has 4 nitrogen and oxygen atoms in total. The minimum atomic E-state index is -0.0906. The molecule has 2 N–H and O–H groups in total. The molecule has 5 heteroatoms. The number of hydrogen-bond acceptors (Lipinski definition) is 3. The summed E-state index contributed by atoms with van der Waals surface area (Å²) in [6, 6.07) is 1.90. The number of carbonyl (C=O) groups excluding carboxylic acids is 1. The van der Waals surface area contributed by atoms with E-state index < -0.39 is 0 Å². The van der Waals surface area contributed by atoms with Crippen LogP contribution >= 0.6 is 15.9 Å². The van der Waals surface area contributed by atoms with Crippen molar-refractivity contribution in [3.63, 3.8) is 0 Å². The van der Waals surface area contributed by atoms with E-state index in [1.54, 1.807) is 6.07 Å². The van der Waals surface area contributed by atoms with Gasteiger partial charge in [0.2, 0.25) is 0 Å². The van der Waals surface area contributed by atoms with Gasteiger partial charge in [-0.05, 0) is 22.0 Å². The predicted octanol–water partition coefficient (Wildman–Crippen LogP) is 0.744. The van der Waals surface area contributed by atoms with Gasteiger partial charge in [0.15, 0.2) is 4.67 Å². The van der Waals surface area contributed by atoms with E-state index in [1.165, 1.54) is 6.26 Å². The largest absolute Gasteiger partial charge is 0.457 e. The van der Waals surface area contributed by atoms with Crippen LogP contribution in [0.25, 0.3) is 0 Å². The summed E-state index contributed by atoms with van der Waals surface area (Å²) in [7, 11) is 0. The molecule has 1 aliphatic rings. The molecule has 0 aromatic carbocycles. The van der Waals surface area contributed by atoms with Crippen molar-refractivity contribution in [2.24, 2.45) is 0 Å². The van der Waals surface area contributed by atoms with E-state index >= 15 is 0 Å². The molecule has 1 aliphatic heterocycles. The van der Waals surface area contributed by atoms with Gasteiger partial charge in [-0.15, -0.1) is 0 Å². The summed E-state index contributed by atoms with van der Waals surface area (Å²) < 4.78 is 5.44. The zero-order chi connectivity index (χ0) is 9.26. The summed E-state index contributed by atoms with van der Waals surface area (Å²) in [6.07, 6.45) is 1.48. The molecule has 0 saturated carbocycles. The molecule has 1 saturated heterocycles. The van der Waals surface area contributed by atoms with Gasteiger partial charge >= 0.3 is 0 Å². The summed E-state index contributed by atoms with van der Waals surface area (Å²) in [5.74, 6) is -0.0906. The van der Waals surface area contributed by atoms with Crippen LogP contribution in [0.2, 0.25) is 0 Å². The average Bonchev–Trinajstić information content (AvgIpc) is 2.43. The molecule has 1 fully saturated rings. The first-order chi connectivity index (χ1) is 6.27. The highest BCUT2D eigenvalue weighted by Gasteiger charge is 2.21. The fraction of sp³-hybridized carbons (Fsp3) is 0.375. The van der Waals surface area contributed by atoms with E-state index in [9.17, 15) is 4.79 Å². The second kappa shape index (κ2) is 3.51. The molecule has 0 spiro atoms. The zero-order valence-corrected chi connectivity index (χ0v) is 8.43. The Morgan fingerprint density at radius 3 is 2.92 bits per heavy atom. The molecule has 1 aromatic rings. The van der Waals surface area contributed by atoms with Crippen LogP contribution in [0.1, 0.15) is 10.4 Å². The molecule has 1 aromatic heterocycles. The summed E-state index contributed by atoms with van der Waals surface area (Å²) in [6.45, 7) is 1.70. The van der Waals surface area contributed by atoms with Gasteiger partial charge in [-0.25, -0.2) is 0 Å². The van der Waals surface area contributed by atoms with Gasteiger partial charge in [0.25, 0.3) is 5.91 Å². The SMILES string of the molecule is O=C(NC1CNC1)c1ccoc1Br. The van der Waals surface area contributed by atoms with Crippen LogP contribution in [0, 0.1) is 0 Å². The maximum atomic E-state index is 11.5. The molecule has 2 heterocycles. The summed E-state index contributed by atoms with van der Waals surface area (Å²) >= 11 is 3.15. The second-order valence-electron chi connectivity index (χ2n) is 2.94. The maximum Gasteiger partial charge on any atom is 0.256 e. The van der Waals surface area contributed by atoms with Crippen LogP contribution in [-0.2, 0) is 0 Å². The first kappa shape index (κ1) is 8.77. The number of rotatable bonds is 2. The quantitative estimate of drug-likeness (QED) is 0.808. The minimum Gasteiger partial charge on any atom is -0.457 e. The third-order valence-corrected chi connectivity index (χ3v) is 2.59. The van der Waals surface area contributed by atoms with Crippen molar-refractivity contribution in [2.45, 2.75) is 6.04 Å². The van der Waals surface area contributed by atoms with Crippen molar-refractivity contribution >= 4 is 21.8 Å². The van der Waals surface area contributed by atoms with Crippen molar-refractivity contribution in [1.29, 1.82) is 0 Å². The Labute approximate surface area is 83.8 Å². The molecule has 0 bridgehead atoms. The maximum absolute atomic E-state index is 11.5. The molecule has 0 atom stereocenters. The first-order valence-electron chi connectivity index (χ1n) is 4.02. The van der Waals surface area contributed by atoms with Crippen molar-refractivity contribution < 1.29 is 9.21 Å². The lowest BCUT2D eigenvalue weighted by Crippen LogP contribution is -2.56. The molecule has 0 aliphatic carbocycles. The van der Waals surface area contributed by atoms with Crippen LogP contribution in [-0.4, -0.2) is 25.0 Å². The smallest absolute Gasteiger partial charge is 0.256 e. The third-order valence-electron chi connectivity index (χ3n) is 1.98. The minimum absolute atomic E-state index is 0.0906. The van der Waals surface area contributed by atoms with Gasteiger partial charge < -0.3 is 15.1 Å². The van der Waals surface area contributed by atoms with Crippen LogP contribution in [0.3, 0.4) is 0 Å². The molecule has 13 heavy (non-hydrogen) atoms. The lowest BCUT2D eigenvalue weighted by atomic mass is 10.1. The Kier molecular flexibility index (Phi) is 2.37. The Morgan fingerprint density at radius 1 is 1.69 bits per heavy atom. The Balaban J connectivity index is 2.00. The van der Waals surface area contributed by atoms with Crippen molar-refractivity contribution in [2.75, 3.05) is 13.1 Å². The number of amides is 1. The van der Waals surface area contributed by atoms with E-state index in [4.69, 9.17) is 4.42 Å². The van der Waals surface area contributed by atoms with E-state index in [-0.39, 0.29) is 11.9 Å². The number of furan rings is 1. The molecule has 70 valence electrons. The number of carbonyl (C=O) groups is 1. The molecule has 2 rings (SSSR count). The second-order valence-corrected chi connectivity index (χ2v) is 3.66. The standard InChI is InChI=1S/C8H9BrN2O2/c9-7-6(1-2-13-7)8(12)11-5-3-10-4-5/h1-2,5,10H,3-4H2,(H,11,12). The predicted molar refractivity (Wildman–Crippen MR) is 50.5 cm³/mol. The van der Waals surface area contributed by atoms with Gasteiger partial charge in [-0.3, -0.25) is 4.79 Å². The van der Waals surface area contributed by atoms with Gasteiger partial charge in [0.1, 0.15) is 0 Å². The number of nitrogens with one attached hydrogen (secondary N) is 2. The van der Waals surface area contributed by atoms with Crippen molar-refractivity contribution in [3.05, 3.63) is 22.6 Å². The monoisotopic (exact) mass is 244 g/mol. The van der Waals surface area contributed by atoms with Gasteiger partial charge in [-0.1, -0.05) is 0 Å². The highest BCUT2D eigenvalue weighted by atomic mass is 79.9. The molecule has 1 amide bonds. The third kappa shape index (κ3) is 1.76. The van der Waals surface area contributed by atoms with Crippen LogP contribution in [0.5, 0.6) is 0 Å². The fourth-order valence-electron chi connectivity index (χ4n) is 1.11. The highest BCUT2D eigenvalue weighted by molar-refractivity contribution is 9.10. The Bertz CT molecular complexity index is 320. The molecular formula is C8H9BrN2O2. The fourth-order valence-corrected chi connectivity index (χ4v) is 1.53. The Morgan fingerprint density at radius 2 is 2.46 bits per heavy atom. The van der Waals surface area contributed by atoms with Crippen LogP contribution in [0.4, 0.5) is 0 Å². The Hall–Kier alpha value is -0.810. The van der Waals surface area contributed by atoms with E-state index in [0.717, 1.165) is 13.1 Å².